The molecule has 0 atom stereocenters. The number of benzene rings is 2. The van der Waals surface area contributed by atoms with E-state index in [9.17, 15) is 14.8 Å². The fourth-order valence-corrected chi connectivity index (χ4v) is 4.71. The van der Waals surface area contributed by atoms with Crippen LogP contribution in [0.15, 0.2) is 48.7 Å². The SMILES string of the molecule is CN1CCc2c(nc(-c3c4cccc(C(N)=O)c4cn3C)nc2NCc2cccc(B(O)O)c2)C1. The molecule has 9 nitrogen and oxygen atoms in total. The number of carbonyl (C=O) groups excluding carboxylic acids is 1. The van der Waals surface area contributed by atoms with Crippen molar-refractivity contribution in [2.24, 2.45) is 12.8 Å². The number of amides is 1. The average Bonchev–Trinajstić information content (AvgIpc) is 3.17. The Labute approximate surface area is 203 Å². The second kappa shape index (κ2) is 9.14. The first-order chi connectivity index (χ1) is 16.8. The number of primary amides is 1. The first kappa shape index (κ1) is 23.0. The minimum atomic E-state index is -1.51. The quantitative estimate of drug-likeness (QED) is 0.310. The fourth-order valence-electron chi connectivity index (χ4n) is 4.71. The topological polar surface area (TPSA) is 130 Å². The van der Waals surface area contributed by atoms with Crippen LogP contribution < -0.4 is 16.5 Å². The molecular weight excluding hydrogens is 443 g/mol. The zero-order valence-electron chi connectivity index (χ0n) is 19.7. The molecular formula is C25H27BN6O3. The van der Waals surface area contributed by atoms with Crippen LogP contribution in [0.25, 0.3) is 22.3 Å². The molecule has 1 aliphatic heterocycles. The molecule has 0 fully saturated rings. The van der Waals surface area contributed by atoms with Gasteiger partial charge in [-0.3, -0.25) is 4.79 Å². The number of aryl methyl sites for hydroxylation is 1. The van der Waals surface area contributed by atoms with Gasteiger partial charge in [0.25, 0.3) is 0 Å². The number of aromatic nitrogens is 3. The number of rotatable bonds is 6. The van der Waals surface area contributed by atoms with E-state index in [0.717, 1.165) is 52.1 Å². The highest BCUT2D eigenvalue weighted by Gasteiger charge is 2.24. The van der Waals surface area contributed by atoms with E-state index in [1.807, 2.05) is 36.0 Å². The number of hydrogen-bond acceptors (Lipinski definition) is 7. The Morgan fingerprint density at radius 2 is 1.94 bits per heavy atom. The Hall–Kier alpha value is -3.73. The number of nitrogens with zero attached hydrogens (tertiary/aromatic N) is 4. The van der Waals surface area contributed by atoms with E-state index in [2.05, 4.69) is 17.3 Å². The van der Waals surface area contributed by atoms with Crippen LogP contribution in [0.5, 0.6) is 0 Å². The summed E-state index contributed by atoms with van der Waals surface area (Å²) in [5.74, 6) is 0.854. The van der Waals surface area contributed by atoms with Crippen molar-refractivity contribution in [1.29, 1.82) is 0 Å². The van der Waals surface area contributed by atoms with Crippen molar-refractivity contribution in [1.82, 2.24) is 19.4 Å². The van der Waals surface area contributed by atoms with Crippen LogP contribution in [0.4, 0.5) is 5.82 Å². The molecule has 0 saturated carbocycles. The summed E-state index contributed by atoms with van der Waals surface area (Å²) in [5, 5.41) is 24.1. The third-order valence-electron chi connectivity index (χ3n) is 6.48. The van der Waals surface area contributed by atoms with Gasteiger partial charge in [-0.1, -0.05) is 36.4 Å². The number of hydrogen-bond donors (Lipinski definition) is 4. The zero-order chi connectivity index (χ0) is 24.7. The van der Waals surface area contributed by atoms with Crippen LogP contribution in [0, 0.1) is 0 Å². The molecule has 35 heavy (non-hydrogen) atoms. The van der Waals surface area contributed by atoms with E-state index in [0.29, 0.717) is 29.9 Å². The molecule has 1 amide bonds. The minimum Gasteiger partial charge on any atom is -0.423 e. The molecule has 0 saturated heterocycles. The summed E-state index contributed by atoms with van der Waals surface area (Å²) in [6.45, 7) is 2.09. The highest BCUT2D eigenvalue weighted by molar-refractivity contribution is 6.58. The van der Waals surface area contributed by atoms with Crippen molar-refractivity contribution < 1.29 is 14.8 Å². The van der Waals surface area contributed by atoms with E-state index >= 15 is 0 Å². The lowest BCUT2D eigenvalue weighted by Gasteiger charge is -2.26. The van der Waals surface area contributed by atoms with Gasteiger partial charge in [-0.2, -0.15) is 0 Å². The molecule has 2 aromatic carbocycles. The van der Waals surface area contributed by atoms with E-state index in [4.69, 9.17) is 15.7 Å². The summed E-state index contributed by atoms with van der Waals surface area (Å²) in [5.41, 5.74) is 10.3. The Morgan fingerprint density at radius 1 is 1.14 bits per heavy atom. The molecule has 10 heteroatoms. The lowest BCUT2D eigenvalue weighted by Crippen LogP contribution is -2.30. The average molecular weight is 470 g/mol. The van der Waals surface area contributed by atoms with Crippen molar-refractivity contribution in [2.75, 3.05) is 18.9 Å². The van der Waals surface area contributed by atoms with Crippen LogP contribution in [0.2, 0.25) is 0 Å². The molecule has 0 bridgehead atoms. The third-order valence-corrected chi connectivity index (χ3v) is 6.48. The van der Waals surface area contributed by atoms with Crippen LogP contribution in [-0.2, 0) is 26.6 Å². The van der Waals surface area contributed by atoms with Crippen LogP contribution in [0.3, 0.4) is 0 Å². The molecule has 0 unspecified atom stereocenters. The molecule has 3 heterocycles. The van der Waals surface area contributed by atoms with Crippen molar-refractivity contribution in [3.63, 3.8) is 0 Å². The van der Waals surface area contributed by atoms with Crippen molar-refractivity contribution >= 4 is 35.1 Å². The van der Waals surface area contributed by atoms with Crippen LogP contribution >= 0.6 is 0 Å². The highest BCUT2D eigenvalue weighted by atomic mass is 16.4. The second-order valence-electron chi connectivity index (χ2n) is 9.00. The maximum atomic E-state index is 12.0. The van der Waals surface area contributed by atoms with Gasteiger partial charge in [0.15, 0.2) is 5.82 Å². The highest BCUT2D eigenvalue weighted by Crippen LogP contribution is 2.33. The Morgan fingerprint density at radius 3 is 2.71 bits per heavy atom. The van der Waals surface area contributed by atoms with E-state index < -0.39 is 13.0 Å². The molecule has 2 aromatic heterocycles. The van der Waals surface area contributed by atoms with E-state index in [1.54, 1.807) is 24.3 Å². The van der Waals surface area contributed by atoms with Gasteiger partial charge >= 0.3 is 7.12 Å². The number of nitrogens with two attached hydrogens (primary N) is 1. The summed E-state index contributed by atoms with van der Waals surface area (Å²) in [6, 6.07) is 12.7. The molecule has 0 spiro atoms. The predicted molar refractivity (Wildman–Crippen MR) is 136 cm³/mol. The molecule has 0 aliphatic carbocycles. The van der Waals surface area contributed by atoms with Gasteiger partial charge in [0.05, 0.1) is 11.4 Å². The predicted octanol–water partition coefficient (Wildman–Crippen LogP) is 1.01. The van der Waals surface area contributed by atoms with Gasteiger partial charge in [-0.15, -0.1) is 0 Å². The fraction of sp³-hybridized carbons (Fsp3) is 0.240. The summed E-state index contributed by atoms with van der Waals surface area (Å²) in [4.78, 5) is 24.1. The number of nitrogens with one attached hydrogen (secondary N) is 1. The maximum Gasteiger partial charge on any atom is 0.488 e. The van der Waals surface area contributed by atoms with Crippen LogP contribution in [-0.4, -0.2) is 56.1 Å². The van der Waals surface area contributed by atoms with E-state index in [-0.39, 0.29) is 0 Å². The summed E-state index contributed by atoms with van der Waals surface area (Å²) in [6.07, 6.45) is 2.71. The summed E-state index contributed by atoms with van der Waals surface area (Å²) in [7, 11) is 2.47. The Balaban J connectivity index is 1.59. The van der Waals surface area contributed by atoms with Gasteiger partial charge in [-0.05, 0) is 30.6 Å². The standard InChI is InChI=1S/C25H27BN6O3/c1-31-10-9-19-21(14-31)29-25(22-17-7-4-8-18(23(27)33)20(17)13-32(22)2)30-24(19)28-12-15-5-3-6-16(11-15)26(34)35/h3-8,11,13,34-35H,9-10,12,14H2,1-2H3,(H2,27,33)(H,28,29,30). The van der Waals surface area contributed by atoms with Gasteiger partial charge in [0.2, 0.25) is 5.91 Å². The first-order valence-corrected chi connectivity index (χ1v) is 11.5. The molecule has 178 valence electrons. The van der Waals surface area contributed by atoms with Gasteiger partial charge in [0.1, 0.15) is 5.82 Å². The van der Waals surface area contributed by atoms with Crippen molar-refractivity contribution in [3.8, 4) is 11.5 Å². The van der Waals surface area contributed by atoms with Gasteiger partial charge in [-0.25, -0.2) is 9.97 Å². The maximum absolute atomic E-state index is 12.0. The molecule has 4 aromatic rings. The summed E-state index contributed by atoms with van der Waals surface area (Å²) < 4.78 is 1.93. The normalized spacial score (nSPS) is 13.6. The Kier molecular flexibility index (Phi) is 6.02. The smallest absolute Gasteiger partial charge is 0.423 e. The van der Waals surface area contributed by atoms with Gasteiger partial charge < -0.3 is 30.6 Å². The lowest BCUT2D eigenvalue weighted by atomic mass is 9.79. The lowest BCUT2D eigenvalue weighted by molar-refractivity contribution is 0.100. The molecule has 1 aliphatic rings. The summed E-state index contributed by atoms with van der Waals surface area (Å²) >= 11 is 0. The number of carbonyl (C=O) groups is 1. The van der Waals surface area contributed by atoms with Crippen LogP contribution in [0.1, 0.15) is 27.2 Å². The van der Waals surface area contributed by atoms with Crippen molar-refractivity contribution in [2.45, 2.75) is 19.5 Å². The monoisotopic (exact) mass is 470 g/mol. The van der Waals surface area contributed by atoms with Crippen molar-refractivity contribution in [3.05, 3.63) is 71.0 Å². The third kappa shape index (κ3) is 4.39. The number of likely N-dealkylation sites (N-methyl/N-ethyl adjacent to an activating group) is 1. The van der Waals surface area contributed by atoms with E-state index in [1.165, 1.54) is 0 Å². The first-order valence-electron chi connectivity index (χ1n) is 11.5. The number of fused-ring (bicyclic) bond motifs is 2. The minimum absolute atomic E-state index is 0.442. The molecule has 5 N–H and O–H groups in total. The second-order valence-corrected chi connectivity index (χ2v) is 9.00. The largest absolute Gasteiger partial charge is 0.488 e. The molecule has 0 radical (unpaired) electrons. The molecule has 5 rings (SSSR count). The zero-order valence-corrected chi connectivity index (χ0v) is 19.7. The number of anilines is 1. The van der Waals surface area contributed by atoms with Gasteiger partial charge in [0, 0.05) is 54.8 Å². The Bertz CT molecular complexity index is 1430.